The van der Waals surface area contributed by atoms with Crippen molar-refractivity contribution in [1.82, 2.24) is 0 Å². The number of hydrogen-bond donors (Lipinski definition) is 2. The Hall–Kier alpha value is -2.64. The minimum atomic E-state index is -0.227. The van der Waals surface area contributed by atoms with Gasteiger partial charge in [-0.05, 0) is 47.8 Å². The largest absolute Gasteiger partial charge is 0.494 e. The van der Waals surface area contributed by atoms with Gasteiger partial charge in [-0.3, -0.25) is 9.59 Å². The standard InChI is InChI=1S/C19H15BrN2O3S/c1-25-16-11-14(21-18(23)12-4-6-13(20)7-5-12)8-9-15(16)22-19(24)17-3-2-10-26-17/h2-11H,1H3,(H,21,23)(H,22,24). The number of carbonyl (C=O) groups excluding carboxylic acids is 2. The van der Waals surface area contributed by atoms with E-state index >= 15 is 0 Å². The highest BCUT2D eigenvalue weighted by Gasteiger charge is 2.12. The Labute approximate surface area is 163 Å². The van der Waals surface area contributed by atoms with Gasteiger partial charge < -0.3 is 15.4 Å². The van der Waals surface area contributed by atoms with E-state index in [9.17, 15) is 9.59 Å². The number of thiophene rings is 1. The normalized spacial score (nSPS) is 10.2. The molecule has 2 amide bonds. The van der Waals surface area contributed by atoms with Crippen LogP contribution < -0.4 is 15.4 Å². The number of anilines is 2. The molecule has 0 saturated heterocycles. The fourth-order valence-corrected chi connectivity index (χ4v) is 3.15. The summed E-state index contributed by atoms with van der Waals surface area (Å²) in [6, 6.07) is 15.7. The predicted octanol–water partition coefficient (Wildman–Crippen LogP) is 5.02. The third-order valence-electron chi connectivity index (χ3n) is 3.56. The van der Waals surface area contributed by atoms with E-state index in [1.165, 1.54) is 18.4 Å². The quantitative estimate of drug-likeness (QED) is 0.596. The third-order valence-corrected chi connectivity index (χ3v) is 4.96. The van der Waals surface area contributed by atoms with Gasteiger partial charge in [-0.2, -0.15) is 0 Å². The molecule has 2 N–H and O–H groups in total. The van der Waals surface area contributed by atoms with E-state index < -0.39 is 0 Å². The third kappa shape index (κ3) is 4.30. The first-order valence-electron chi connectivity index (χ1n) is 7.66. The average molecular weight is 431 g/mol. The van der Waals surface area contributed by atoms with Crippen molar-refractivity contribution in [2.45, 2.75) is 0 Å². The molecule has 0 saturated carbocycles. The molecule has 0 atom stereocenters. The molecule has 1 heterocycles. The van der Waals surface area contributed by atoms with Crippen LogP contribution in [0.1, 0.15) is 20.0 Å². The van der Waals surface area contributed by atoms with E-state index in [0.29, 0.717) is 27.6 Å². The molecule has 5 nitrogen and oxygen atoms in total. The number of amides is 2. The number of methoxy groups -OCH3 is 1. The van der Waals surface area contributed by atoms with Crippen molar-refractivity contribution < 1.29 is 14.3 Å². The number of ether oxygens (including phenoxy) is 1. The van der Waals surface area contributed by atoms with E-state index in [0.717, 1.165) is 4.47 Å². The van der Waals surface area contributed by atoms with Crippen LogP contribution in [0.3, 0.4) is 0 Å². The number of carbonyl (C=O) groups is 2. The second-order valence-corrected chi connectivity index (χ2v) is 7.17. The van der Waals surface area contributed by atoms with Gasteiger partial charge in [0.1, 0.15) is 5.75 Å². The molecule has 3 aromatic rings. The van der Waals surface area contributed by atoms with Crippen molar-refractivity contribution in [3.63, 3.8) is 0 Å². The van der Waals surface area contributed by atoms with Crippen LogP contribution >= 0.6 is 27.3 Å². The predicted molar refractivity (Wildman–Crippen MR) is 107 cm³/mol. The fraction of sp³-hybridized carbons (Fsp3) is 0.0526. The topological polar surface area (TPSA) is 67.4 Å². The first kappa shape index (κ1) is 18.2. The molecule has 1 aromatic heterocycles. The Morgan fingerprint density at radius 3 is 2.42 bits per heavy atom. The molecule has 0 aliphatic carbocycles. The van der Waals surface area contributed by atoms with Crippen molar-refractivity contribution in [3.8, 4) is 5.75 Å². The van der Waals surface area contributed by atoms with Crippen LogP contribution in [0.15, 0.2) is 64.5 Å². The van der Waals surface area contributed by atoms with Crippen molar-refractivity contribution >= 4 is 50.5 Å². The summed E-state index contributed by atoms with van der Waals surface area (Å²) in [7, 11) is 1.51. The first-order chi connectivity index (χ1) is 12.6. The summed E-state index contributed by atoms with van der Waals surface area (Å²) in [5, 5.41) is 7.47. The van der Waals surface area contributed by atoms with E-state index in [1.54, 1.807) is 48.5 Å². The van der Waals surface area contributed by atoms with E-state index in [-0.39, 0.29) is 11.8 Å². The smallest absolute Gasteiger partial charge is 0.265 e. The van der Waals surface area contributed by atoms with Crippen LogP contribution in [0.5, 0.6) is 5.75 Å². The highest BCUT2D eigenvalue weighted by molar-refractivity contribution is 9.10. The summed E-state index contributed by atoms with van der Waals surface area (Å²) in [6.45, 7) is 0. The van der Waals surface area contributed by atoms with Crippen molar-refractivity contribution in [1.29, 1.82) is 0 Å². The summed E-state index contributed by atoms with van der Waals surface area (Å²) in [5.74, 6) is 0.0309. The number of halogens is 1. The fourth-order valence-electron chi connectivity index (χ4n) is 2.27. The van der Waals surface area contributed by atoms with Crippen molar-refractivity contribution in [2.75, 3.05) is 17.7 Å². The summed E-state index contributed by atoms with van der Waals surface area (Å²) >= 11 is 4.70. The van der Waals surface area contributed by atoms with Gasteiger partial charge in [-0.25, -0.2) is 0 Å². The minimum Gasteiger partial charge on any atom is -0.494 e. The Bertz CT molecular complexity index is 924. The van der Waals surface area contributed by atoms with E-state index in [1.807, 2.05) is 11.4 Å². The Morgan fingerprint density at radius 1 is 1.00 bits per heavy atom. The molecule has 0 spiro atoms. The van der Waals surface area contributed by atoms with Gasteiger partial charge in [-0.1, -0.05) is 22.0 Å². The molecule has 132 valence electrons. The average Bonchev–Trinajstić information content (AvgIpc) is 3.18. The van der Waals surface area contributed by atoms with Crippen LogP contribution in [0.25, 0.3) is 0 Å². The lowest BCUT2D eigenvalue weighted by atomic mass is 10.2. The van der Waals surface area contributed by atoms with Crippen LogP contribution in [-0.4, -0.2) is 18.9 Å². The van der Waals surface area contributed by atoms with E-state index in [4.69, 9.17) is 4.74 Å². The van der Waals surface area contributed by atoms with Gasteiger partial charge in [-0.15, -0.1) is 11.3 Å². The summed E-state index contributed by atoms with van der Waals surface area (Å²) in [6.07, 6.45) is 0. The number of benzene rings is 2. The maximum absolute atomic E-state index is 12.3. The second-order valence-electron chi connectivity index (χ2n) is 5.31. The van der Waals surface area contributed by atoms with Gasteiger partial charge in [0.25, 0.3) is 11.8 Å². The molecule has 0 aliphatic rings. The molecular weight excluding hydrogens is 416 g/mol. The molecule has 0 unspecified atom stereocenters. The Balaban J connectivity index is 1.74. The Morgan fingerprint density at radius 2 is 1.77 bits per heavy atom. The lowest BCUT2D eigenvalue weighted by Gasteiger charge is -2.12. The highest BCUT2D eigenvalue weighted by Crippen LogP contribution is 2.29. The summed E-state index contributed by atoms with van der Waals surface area (Å²) in [5.41, 5.74) is 1.65. The summed E-state index contributed by atoms with van der Waals surface area (Å²) < 4.78 is 6.24. The van der Waals surface area contributed by atoms with E-state index in [2.05, 4.69) is 26.6 Å². The maximum atomic E-state index is 12.3. The number of hydrogen-bond acceptors (Lipinski definition) is 4. The highest BCUT2D eigenvalue weighted by atomic mass is 79.9. The van der Waals surface area contributed by atoms with Crippen LogP contribution in [0.2, 0.25) is 0 Å². The van der Waals surface area contributed by atoms with Gasteiger partial charge in [0.15, 0.2) is 0 Å². The molecule has 3 rings (SSSR count). The molecule has 0 radical (unpaired) electrons. The molecule has 0 bridgehead atoms. The van der Waals surface area contributed by atoms with Crippen LogP contribution in [0.4, 0.5) is 11.4 Å². The SMILES string of the molecule is COc1cc(NC(=O)c2ccc(Br)cc2)ccc1NC(=O)c1cccs1. The number of nitrogens with one attached hydrogen (secondary N) is 2. The zero-order valence-corrected chi connectivity index (χ0v) is 16.2. The Kier molecular flexibility index (Phi) is 5.70. The lowest BCUT2D eigenvalue weighted by molar-refractivity contribution is 0.102. The molecule has 26 heavy (non-hydrogen) atoms. The maximum Gasteiger partial charge on any atom is 0.265 e. The molecule has 2 aromatic carbocycles. The van der Waals surface area contributed by atoms with Crippen LogP contribution in [-0.2, 0) is 0 Å². The molecule has 0 aliphatic heterocycles. The lowest BCUT2D eigenvalue weighted by Crippen LogP contribution is -2.13. The zero-order chi connectivity index (χ0) is 18.5. The zero-order valence-electron chi connectivity index (χ0n) is 13.8. The number of rotatable bonds is 5. The van der Waals surface area contributed by atoms with Crippen molar-refractivity contribution in [3.05, 3.63) is 74.9 Å². The van der Waals surface area contributed by atoms with Gasteiger partial charge in [0.05, 0.1) is 17.7 Å². The summed E-state index contributed by atoms with van der Waals surface area (Å²) in [4.78, 5) is 25.1. The van der Waals surface area contributed by atoms with Gasteiger partial charge in [0, 0.05) is 21.8 Å². The molecule has 0 fully saturated rings. The van der Waals surface area contributed by atoms with Gasteiger partial charge in [0.2, 0.25) is 0 Å². The second kappa shape index (κ2) is 8.16. The molecule has 7 heteroatoms. The monoisotopic (exact) mass is 430 g/mol. The molecular formula is C19H15BrN2O3S. The van der Waals surface area contributed by atoms with Gasteiger partial charge >= 0.3 is 0 Å². The minimum absolute atomic E-state index is 0.204. The van der Waals surface area contributed by atoms with Crippen molar-refractivity contribution in [2.24, 2.45) is 0 Å². The first-order valence-corrected chi connectivity index (χ1v) is 9.34. The van der Waals surface area contributed by atoms with Crippen LogP contribution in [0, 0.1) is 0 Å².